The number of para-hydroxylation sites is 1. The molecule has 0 saturated heterocycles. The zero-order chi connectivity index (χ0) is 16.4. The highest BCUT2D eigenvalue weighted by atomic mass is 16.5. The average Bonchev–Trinajstić information content (AvgIpc) is 2.57. The van der Waals surface area contributed by atoms with E-state index in [0.717, 1.165) is 5.39 Å². The van der Waals surface area contributed by atoms with E-state index >= 15 is 0 Å². The highest BCUT2D eigenvalue weighted by Gasteiger charge is 2.10. The van der Waals surface area contributed by atoms with E-state index < -0.39 is 0 Å². The summed E-state index contributed by atoms with van der Waals surface area (Å²) in [5, 5.41) is 23.0. The third-order valence-corrected chi connectivity index (χ3v) is 3.35. The second-order valence-corrected chi connectivity index (χ2v) is 4.76. The summed E-state index contributed by atoms with van der Waals surface area (Å²) >= 11 is 0. The van der Waals surface area contributed by atoms with E-state index in [9.17, 15) is 10.2 Å². The van der Waals surface area contributed by atoms with Crippen molar-refractivity contribution in [3.05, 3.63) is 36.5 Å². The molecule has 0 atom stereocenters. The van der Waals surface area contributed by atoms with Gasteiger partial charge in [0.1, 0.15) is 0 Å². The number of hydrogen-bond donors (Lipinski definition) is 3. The smallest absolute Gasteiger partial charge is 0.227 e. The van der Waals surface area contributed by atoms with Gasteiger partial charge < -0.3 is 25.0 Å². The Kier molecular flexibility index (Phi) is 3.76. The summed E-state index contributed by atoms with van der Waals surface area (Å²) in [6.45, 7) is 0. The Labute approximate surface area is 132 Å². The first-order chi connectivity index (χ1) is 11.1. The van der Waals surface area contributed by atoms with Crippen LogP contribution in [0, 0.1) is 0 Å². The van der Waals surface area contributed by atoms with Gasteiger partial charge in [0, 0.05) is 17.6 Å². The first kappa shape index (κ1) is 14.7. The standard InChI is InChI=1S/C16H15N3O4/c1-22-13-6-9-8-17-16(19-11(9)7-14(13)23-2)18-10-4-3-5-12(20)15(10)21/h3-8,20-21H,1-2H3,(H,17,18,19). The lowest BCUT2D eigenvalue weighted by atomic mass is 10.2. The van der Waals surface area contributed by atoms with Crippen LogP contribution in [0.15, 0.2) is 36.5 Å². The summed E-state index contributed by atoms with van der Waals surface area (Å²) in [6, 6.07) is 8.12. The number of anilines is 2. The van der Waals surface area contributed by atoms with Crippen LogP contribution in [0.1, 0.15) is 0 Å². The molecular weight excluding hydrogens is 298 g/mol. The van der Waals surface area contributed by atoms with Crippen LogP contribution in [0.5, 0.6) is 23.0 Å². The fourth-order valence-electron chi connectivity index (χ4n) is 2.17. The van der Waals surface area contributed by atoms with Crippen LogP contribution < -0.4 is 14.8 Å². The molecule has 0 fully saturated rings. The van der Waals surface area contributed by atoms with Gasteiger partial charge in [-0.05, 0) is 18.2 Å². The number of aromatic nitrogens is 2. The topological polar surface area (TPSA) is 96.7 Å². The number of phenolic OH excluding ortho intramolecular Hbond substituents is 2. The van der Waals surface area contributed by atoms with E-state index in [-0.39, 0.29) is 17.4 Å². The Hall–Kier alpha value is -3.22. The van der Waals surface area contributed by atoms with Crippen molar-refractivity contribution in [3.8, 4) is 23.0 Å². The van der Waals surface area contributed by atoms with Crippen LogP contribution in [0.3, 0.4) is 0 Å². The monoisotopic (exact) mass is 313 g/mol. The molecule has 7 heteroatoms. The number of phenols is 2. The van der Waals surface area contributed by atoms with Crippen molar-refractivity contribution in [2.75, 3.05) is 19.5 Å². The molecule has 0 bridgehead atoms. The fraction of sp³-hybridized carbons (Fsp3) is 0.125. The van der Waals surface area contributed by atoms with Crippen molar-refractivity contribution >= 4 is 22.5 Å². The van der Waals surface area contributed by atoms with Gasteiger partial charge in [-0.1, -0.05) is 6.07 Å². The molecule has 3 rings (SSSR count). The first-order valence-corrected chi connectivity index (χ1v) is 6.79. The third kappa shape index (κ3) is 2.76. The van der Waals surface area contributed by atoms with Crippen LogP contribution in [0.2, 0.25) is 0 Å². The average molecular weight is 313 g/mol. The van der Waals surface area contributed by atoms with E-state index in [4.69, 9.17) is 9.47 Å². The molecule has 118 valence electrons. The van der Waals surface area contributed by atoms with Gasteiger partial charge >= 0.3 is 0 Å². The number of aromatic hydroxyl groups is 2. The Balaban J connectivity index is 2.01. The number of fused-ring (bicyclic) bond motifs is 1. The van der Waals surface area contributed by atoms with Gasteiger partial charge in [-0.25, -0.2) is 9.97 Å². The number of ether oxygens (including phenoxy) is 2. The molecule has 1 heterocycles. The molecule has 0 saturated carbocycles. The maximum absolute atomic E-state index is 9.82. The number of nitrogens with one attached hydrogen (secondary N) is 1. The van der Waals surface area contributed by atoms with Gasteiger partial charge in [-0.15, -0.1) is 0 Å². The van der Waals surface area contributed by atoms with Crippen LogP contribution >= 0.6 is 0 Å². The molecule has 0 amide bonds. The van der Waals surface area contributed by atoms with Crippen molar-refractivity contribution in [2.24, 2.45) is 0 Å². The Morgan fingerprint density at radius 3 is 2.52 bits per heavy atom. The highest BCUT2D eigenvalue weighted by molar-refractivity contribution is 5.83. The zero-order valence-corrected chi connectivity index (χ0v) is 12.6. The Morgan fingerprint density at radius 1 is 1.04 bits per heavy atom. The Bertz CT molecular complexity index is 867. The zero-order valence-electron chi connectivity index (χ0n) is 12.6. The molecule has 3 aromatic rings. The normalized spacial score (nSPS) is 10.5. The van der Waals surface area contributed by atoms with Crippen LogP contribution in [-0.4, -0.2) is 34.4 Å². The molecule has 7 nitrogen and oxygen atoms in total. The second kappa shape index (κ2) is 5.88. The van der Waals surface area contributed by atoms with Gasteiger partial charge in [0.15, 0.2) is 23.0 Å². The number of methoxy groups -OCH3 is 2. The lowest BCUT2D eigenvalue weighted by molar-refractivity contribution is 0.356. The van der Waals surface area contributed by atoms with E-state index in [0.29, 0.717) is 22.7 Å². The molecule has 0 aliphatic carbocycles. The SMILES string of the molecule is COc1cc2cnc(Nc3cccc(O)c3O)nc2cc1OC. The summed E-state index contributed by atoms with van der Waals surface area (Å²) in [6.07, 6.45) is 1.63. The van der Waals surface area contributed by atoms with E-state index in [1.54, 1.807) is 44.7 Å². The summed E-state index contributed by atoms with van der Waals surface area (Å²) < 4.78 is 10.5. The lowest BCUT2D eigenvalue weighted by Gasteiger charge is -2.11. The van der Waals surface area contributed by atoms with Gasteiger partial charge in [-0.3, -0.25) is 0 Å². The predicted octanol–water partition coefficient (Wildman–Crippen LogP) is 2.80. The van der Waals surface area contributed by atoms with Gasteiger partial charge in [0.05, 0.1) is 25.4 Å². The van der Waals surface area contributed by atoms with Crippen molar-refractivity contribution in [2.45, 2.75) is 0 Å². The first-order valence-electron chi connectivity index (χ1n) is 6.79. The van der Waals surface area contributed by atoms with Gasteiger partial charge in [-0.2, -0.15) is 0 Å². The molecule has 0 radical (unpaired) electrons. The van der Waals surface area contributed by atoms with Gasteiger partial charge in [0.25, 0.3) is 0 Å². The number of nitrogens with zero attached hydrogens (tertiary/aromatic N) is 2. The largest absolute Gasteiger partial charge is 0.504 e. The molecular formula is C16H15N3O4. The molecule has 0 aliphatic rings. The summed E-state index contributed by atoms with van der Waals surface area (Å²) in [7, 11) is 3.11. The van der Waals surface area contributed by atoms with E-state index in [1.165, 1.54) is 6.07 Å². The summed E-state index contributed by atoms with van der Waals surface area (Å²) in [5.74, 6) is 0.955. The molecule has 23 heavy (non-hydrogen) atoms. The highest BCUT2D eigenvalue weighted by Crippen LogP contribution is 2.35. The quantitative estimate of drug-likeness (QED) is 0.637. The molecule has 0 unspecified atom stereocenters. The van der Waals surface area contributed by atoms with E-state index in [1.807, 2.05) is 0 Å². The van der Waals surface area contributed by atoms with Crippen molar-refractivity contribution in [1.29, 1.82) is 0 Å². The molecule has 1 aromatic heterocycles. The minimum atomic E-state index is -0.261. The number of benzene rings is 2. The molecule has 2 aromatic carbocycles. The molecule has 3 N–H and O–H groups in total. The van der Waals surface area contributed by atoms with Crippen molar-refractivity contribution < 1.29 is 19.7 Å². The van der Waals surface area contributed by atoms with Crippen molar-refractivity contribution in [3.63, 3.8) is 0 Å². The maximum Gasteiger partial charge on any atom is 0.227 e. The number of hydrogen-bond acceptors (Lipinski definition) is 7. The summed E-state index contributed by atoms with van der Waals surface area (Å²) in [4.78, 5) is 8.57. The fourth-order valence-corrected chi connectivity index (χ4v) is 2.17. The predicted molar refractivity (Wildman–Crippen MR) is 85.7 cm³/mol. The van der Waals surface area contributed by atoms with Crippen molar-refractivity contribution in [1.82, 2.24) is 9.97 Å². The minimum absolute atomic E-state index is 0.220. The maximum atomic E-state index is 9.82. The van der Waals surface area contributed by atoms with Crippen LogP contribution in [0.4, 0.5) is 11.6 Å². The molecule has 0 spiro atoms. The van der Waals surface area contributed by atoms with E-state index in [2.05, 4.69) is 15.3 Å². The molecule has 0 aliphatic heterocycles. The van der Waals surface area contributed by atoms with Crippen LogP contribution in [-0.2, 0) is 0 Å². The number of rotatable bonds is 4. The van der Waals surface area contributed by atoms with Gasteiger partial charge in [0.2, 0.25) is 5.95 Å². The minimum Gasteiger partial charge on any atom is -0.504 e. The lowest BCUT2D eigenvalue weighted by Crippen LogP contribution is -1.98. The summed E-state index contributed by atoms with van der Waals surface area (Å²) in [5.41, 5.74) is 0.963. The second-order valence-electron chi connectivity index (χ2n) is 4.76. The van der Waals surface area contributed by atoms with Crippen LogP contribution in [0.25, 0.3) is 10.9 Å². The third-order valence-electron chi connectivity index (χ3n) is 3.35. The Morgan fingerprint density at radius 2 is 1.78 bits per heavy atom.